The number of rotatable bonds is 4. The third-order valence-electron chi connectivity index (χ3n) is 1.79. The second-order valence-corrected chi connectivity index (χ2v) is 2.79. The summed E-state index contributed by atoms with van der Waals surface area (Å²) in [5.41, 5.74) is 0. The highest BCUT2D eigenvalue weighted by Crippen LogP contribution is 2.12. The number of hydrogen-bond donors (Lipinski definition) is 0. The lowest BCUT2D eigenvalue weighted by molar-refractivity contribution is -0.142. The summed E-state index contributed by atoms with van der Waals surface area (Å²) in [5.74, 6) is -0.183. The molecule has 0 aromatic heterocycles. The van der Waals surface area contributed by atoms with Gasteiger partial charge in [-0.3, -0.25) is 4.79 Å². The van der Waals surface area contributed by atoms with Crippen LogP contribution in [-0.4, -0.2) is 43.0 Å². The fraction of sp³-hybridized carbons (Fsp3) is 0.625. The van der Waals surface area contributed by atoms with Crippen molar-refractivity contribution in [2.24, 2.45) is 0 Å². The van der Waals surface area contributed by atoms with Crippen LogP contribution in [0.2, 0.25) is 0 Å². The van der Waals surface area contributed by atoms with Crippen LogP contribution in [0, 0.1) is 0 Å². The van der Waals surface area contributed by atoms with Gasteiger partial charge in [-0.25, -0.2) is 8.78 Å². The number of halogens is 2. The summed E-state index contributed by atoms with van der Waals surface area (Å²) in [5, 5.41) is 0. The highest BCUT2D eigenvalue weighted by atomic mass is 19.3. The first kappa shape index (κ1) is 10.1. The van der Waals surface area contributed by atoms with E-state index in [9.17, 15) is 13.6 Å². The largest absolute Gasteiger partial charge is 0.369 e. The Bertz CT molecular complexity index is 202. The lowest BCUT2D eigenvalue weighted by atomic mass is 10.1. The Kier molecular flexibility index (Phi) is 3.36. The summed E-state index contributed by atoms with van der Waals surface area (Å²) in [6.45, 7) is 3.53. The van der Waals surface area contributed by atoms with Gasteiger partial charge in [0.1, 0.15) is 6.61 Å². The molecule has 1 aliphatic heterocycles. The van der Waals surface area contributed by atoms with Gasteiger partial charge in [-0.1, -0.05) is 6.58 Å². The fourth-order valence-corrected chi connectivity index (χ4v) is 1.06. The third-order valence-corrected chi connectivity index (χ3v) is 1.79. The third kappa shape index (κ3) is 2.77. The molecule has 74 valence electrons. The first-order chi connectivity index (χ1) is 6.13. The standard InChI is InChI=1S/C8H11F2NO2/c1-2-8(12)11-3-6(4-11)13-5-7(9)10/h2,6-7H,1,3-5H2. The van der Waals surface area contributed by atoms with Gasteiger partial charge in [-0.2, -0.15) is 0 Å². The molecule has 1 heterocycles. The van der Waals surface area contributed by atoms with E-state index in [-0.39, 0.29) is 12.0 Å². The van der Waals surface area contributed by atoms with Crippen LogP contribution in [0.4, 0.5) is 8.78 Å². The molecule has 0 atom stereocenters. The van der Waals surface area contributed by atoms with Gasteiger partial charge in [-0.15, -0.1) is 0 Å². The van der Waals surface area contributed by atoms with Crippen LogP contribution >= 0.6 is 0 Å². The molecule has 1 rings (SSSR count). The molecule has 13 heavy (non-hydrogen) atoms. The molecule has 0 aromatic rings. The lowest BCUT2D eigenvalue weighted by Crippen LogP contribution is -2.54. The summed E-state index contributed by atoms with van der Waals surface area (Å²) in [6.07, 6.45) is -1.48. The van der Waals surface area contributed by atoms with E-state index >= 15 is 0 Å². The number of ether oxygens (including phenoxy) is 1. The number of carbonyl (C=O) groups excluding carboxylic acids is 1. The maximum absolute atomic E-state index is 11.7. The molecule has 1 fully saturated rings. The molecular formula is C8H11F2NO2. The van der Waals surface area contributed by atoms with Crippen LogP contribution in [0.15, 0.2) is 12.7 Å². The molecule has 0 aliphatic carbocycles. The van der Waals surface area contributed by atoms with Gasteiger partial charge in [0.2, 0.25) is 5.91 Å². The van der Waals surface area contributed by atoms with Gasteiger partial charge < -0.3 is 9.64 Å². The average molecular weight is 191 g/mol. The van der Waals surface area contributed by atoms with Crippen molar-refractivity contribution in [3.8, 4) is 0 Å². The van der Waals surface area contributed by atoms with E-state index in [1.807, 2.05) is 0 Å². The van der Waals surface area contributed by atoms with Crippen molar-refractivity contribution in [1.82, 2.24) is 4.90 Å². The number of carbonyl (C=O) groups is 1. The number of alkyl halides is 2. The van der Waals surface area contributed by atoms with Crippen molar-refractivity contribution in [2.75, 3.05) is 19.7 Å². The zero-order chi connectivity index (χ0) is 9.84. The molecular weight excluding hydrogens is 180 g/mol. The van der Waals surface area contributed by atoms with E-state index in [0.717, 1.165) is 0 Å². The topological polar surface area (TPSA) is 29.5 Å². The highest BCUT2D eigenvalue weighted by molar-refractivity contribution is 5.87. The Labute approximate surface area is 75.0 Å². The number of amides is 1. The molecule has 1 aliphatic rings. The zero-order valence-electron chi connectivity index (χ0n) is 7.08. The van der Waals surface area contributed by atoms with Crippen LogP contribution in [0.5, 0.6) is 0 Å². The lowest BCUT2D eigenvalue weighted by Gasteiger charge is -2.38. The first-order valence-electron chi connectivity index (χ1n) is 3.94. The molecule has 0 radical (unpaired) electrons. The Hall–Kier alpha value is -0.970. The molecule has 3 nitrogen and oxygen atoms in total. The minimum Gasteiger partial charge on any atom is -0.369 e. The van der Waals surface area contributed by atoms with Crippen LogP contribution < -0.4 is 0 Å². The van der Waals surface area contributed by atoms with E-state index < -0.39 is 13.0 Å². The van der Waals surface area contributed by atoms with Gasteiger partial charge in [0.05, 0.1) is 6.10 Å². The van der Waals surface area contributed by atoms with Gasteiger partial charge in [0.15, 0.2) is 0 Å². The average Bonchev–Trinajstić information content (AvgIpc) is 2.00. The van der Waals surface area contributed by atoms with Gasteiger partial charge in [0.25, 0.3) is 6.43 Å². The number of likely N-dealkylation sites (tertiary alicyclic amines) is 1. The second kappa shape index (κ2) is 4.32. The summed E-state index contributed by atoms with van der Waals surface area (Å²) in [6, 6.07) is 0. The van der Waals surface area contributed by atoms with Crippen molar-refractivity contribution in [1.29, 1.82) is 0 Å². The van der Waals surface area contributed by atoms with Crippen LogP contribution in [0.3, 0.4) is 0 Å². The Morgan fingerprint density at radius 2 is 2.31 bits per heavy atom. The van der Waals surface area contributed by atoms with Crippen molar-refractivity contribution >= 4 is 5.91 Å². The van der Waals surface area contributed by atoms with Gasteiger partial charge in [-0.05, 0) is 6.08 Å². The number of nitrogens with zero attached hydrogens (tertiary/aromatic N) is 1. The van der Waals surface area contributed by atoms with Crippen LogP contribution in [0.25, 0.3) is 0 Å². The van der Waals surface area contributed by atoms with Crippen molar-refractivity contribution in [2.45, 2.75) is 12.5 Å². The van der Waals surface area contributed by atoms with Crippen molar-refractivity contribution in [3.63, 3.8) is 0 Å². The normalized spacial score (nSPS) is 17.3. The van der Waals surface area contributed by atoms with E-state index in [1.54, 1.807) is 0 Å². The minimum atomic E-state index is -2.44. The maximum atomic E-state index is 11.7. The Morgan fingerprint density at radius 3 is 2.77 bits per heavy atom. The molecule has 5 heteroatoms. The van der Waals surface area contributed by atoms with Crippen LogP contribution in [-0.2, 0) is 9.53 Å². The maximum Gasteiger partial charge on any atom is 0.261 e. The first-order valence-corrected chi connectivity index (χ1v) is 3.94. The molecule has 0 aromatic carbocycles. The van der Waals surface area contributed by atoms with Gasteiger partial charge in [0, 0.05) is 13.1 Å². The Morgan fingerprint density at radius 1 is 1.69 bits per heavy atom. The quantitative estimate of drug-likeness (QED) is 0.611. The Balaban J connectivity index is 2.11. The SMILES string of the molecule is C=CC(=O)N1CC(OCC(F)F)C1. The highest BCUT2D eigenvalue weighted by Gasteiger charge is 2.30. The molecule has 0 unspecified atom stereocenters. The fourth-order valence-electron chi connectivity index (χ4n) is 1.06. The smallest absolute Gasteiger partial charge is 0.261 e. The van der Waals surface area contributed by atoms with Crippen LogP contribution in [0.1, 0.15) is 0 Å². The van der Waals surface area contributed by atoms with E-state index in [4.69, 9.17) is 4.74 Å². The zero-order valence-corrected chi connectivity index (χ0v) is 7.08. The molecule has 1 saturated heterocycles. The molecule has 0 saturated carbocycles. The van der Waals surface area contributed by atoms with Gasteiger partial charge >= 0.3 is 0 Å². The molecule has 1 amide bonds. The minimum absolute atomic E-state index is 0.183. The second-order valence-electron chi connectivity index (χ2n) is 2.79. The predicted octanol–water partition coefficient (Wildman–Crippen LogP) is 0.665. The summed E-state index contributed by atoms with van der Waals surface area (Å²) in [4.78, 5) is 12.4. The number of hydrogen-bond acceptors (Lipinski definition) is 2. The monoisotopic (exact) mass is 191 g/mol. The van der Waals surface area contributed by atoms with Crippen molar-refractivity contribution < 1.29 is 18.3 Å². The summed E-state index contributed by atoms with van der Waals surface area (Å²) in [7, 11) is 0. The van der Waals surface area contributed by atoms with E-state index in [0.29, 0.717) is 13.1 Å². The molecule has 0 bridgehead atoms. The van der Waals surface area contributed by atoms with Crippen molar-refractivity contribution in [3.05, 3.63) is 12.7 Å². The van der Waals surface area contributed by atoms with E-state index in [1.165, 1.54) is 11.0 Å². The summed E-state index contributed by atoms with van der Waals surface area (Å²) < 4.78 is 28.1. The summed E-state index contributed by atoms with van der Waals surface area (Å²) >= 11 is 0. The van der Waals surface area contributed by atoms with E-state index in [2.05, 4.69) is 6.58 Å². The molecule has 0 N–H and O–H groups in total. The molecule has 0 spiro atoms. The predicted molar refractivity (Wildman–Crippen MR) is 42.5 cm³/mol.